The molecule has 0 unspecified atom stereocenters. The lowest BCUT2D eigenvalue weighted by Crippen LogP contribution is -2.36. The van der Waals surface area contributed by atoms with Gasteiger partial charge in [0.1, 0.15) is 11.2 Å². The van der Waals surface area contributed by atoms with Gasteiger partial charge >= 0.3 is 0 Å². The predicted octanol–water partition coefficient (Wildman–Crippen LogP) is 2.16. The van der Waals surface area contributed by atoms with Crippen LogP contribution in [0.4, 0.5) is 11.5 Å². The van der Waals surface area contributed by atoms with Gasteiger partial charge in [-0.3, -0.25) is 4.79 Å². The minimum absolute atomic E-state index is 0.0922. The van der Waals surface area contributed by atoms with Crippen LogP contribution < -0.4 is 15.8 Å². The molecule has 8 nitrogen and oxygen atoms in total. The highest BCUT2D eigenvalue weighted by Crippen LogP contribution is 2.29. The number of pyridine rings is 1. The normalized spacial score (nSPS) is 21.5. The topological polar surface area (TPSA) is 92.5 Å². The van der Waals surface area contributed by atoms with Crippen LogP contribution in [0.3, 0.4) is 0 Å². The van der Waals surface area contributed by atoms with E-state index in [4.69, 9.17) is 9.72 Å². The van der Waals surface area contributed by atoms with Gasteiger partial charge in [0.2, 0.25) is 0 Å². The van der Waals surface area contributed by atoms with Crippen LogP contribution in [0.1, 0.15) is 19.3 Å². The predicted molar refractivity (Wildman–Crippen MR) is 121 cm³/mol. The lowest BCUT2D eigenvalue weighted by atomic mass is 10.1. The van der Waals surface area contributed by atoms with Crippen LogP contribution in [0.15, 0.2) is 41.5 Å². The summed E-state index contributed by atoms with van der Waals surface area (Å²) in [6.07, 6.45) is 3.50. The minimum Gasteiger partial charge on any atom is -0.393 e. The lowest BCUT2D eigenvalue weighted by Gasteiger charge is -2.28. The second-order valence-corrected chi connectivity index (χ2v) is 8.37. The number of aliphatic hydroxyl groups is 1. The molecule has 162 valence electrons. The number of ether oxygens (including phenoxy) is 1. The number of hydrogen-bond acceptors (Lipinski definition) is 7. The number of aryl methyl sites for hydroxylation is 1. The molecule has 5 rings (SSSR count). The maximum atomic E-state index is 12.8. The lowest BCUT2D eigenvalue weighted by molar-refractivity contribution is 0.122. The Hall–Kier alpha value is -2.97. The van der Waals surface area contributed by atoms with E-state index in [0.717, 1.165) is 56.1 Å². The molecule has 2 aromatic heterocycles. The largest absolute Gasteiger partial charge is 0.393 e. The van der Waals surface area contributed by atoms with Crippen molar-refractivity contribution in [3.8, 4) is 11.3 Å². The van der Waals surface area contributed by atoms with Gasteiger partial charge in [-0.15, -0.1) is 0 Å². The molecule has 3 heterocycles. The van der Waals surface area contributed by atoms with E-state index in [1.54, 1.807) is 13.4 Å². The molecular weight excluding hydrogens is 394 g/mol. The van der Waals surface area contributed by atoms with Crippen molar-refractivity contribution in [1.82, 2.24) is 14.5 Å². The van der Waals surface area contributed by atoms with E-state index in [1.807, 2.05) is 6.07 Å². The van der Waals surface area contributed by atoms with E-state index in [2.05, 4.69) is 39.5 Å². The number of fused-ring (bicyclic) bond motifs is 1. The number of morpholine rings is 1. The summed E-state index contributed by atoms with van der Waals surface area (Å²) in [6.45, 7) is 3.28. The minimum atomic E-state index is -0.305. The van der Waals surface area contributed by atoms with Crippen molar-refractivity contribution in [2.45, 2.75) is 31.4 Å². The molecule has 1 aromatic carbocycles. The molecule has 0 bridgehead atoms. The van der Waals surface area contributed by atoms with Crippen molar-refractivity contribution in [2.75, 3.05) is 36.5 Å². The Morgan fingerprint density at radius 3 is 2.65 bits per heavy atom. The summed E-state index contributed by atoms with van der Waals surface area (Å²) in [7, 11) is 1.69. The van der Waals surface area contributed by atoms with E-state index in [1.165, 1.54) is 4.57 Å². The van der Waals surface area contributed by atoms with Crippen molar-refractivity contribution in [2.24, 2.45) is 7.05 Å². The zero-order chi connectivity index (χ0) is 21.4. The van der Waals surface area contributed by atoms with Crippen molar-refractivity contribution in [1.29, 1.82) is 0 Å². The third kappa shape index (κ3) is 4.00. The van der Waals surface area contributed by atoms with Crippen LogP contribution in [0.2, 0.25) is 0 Å². The highest BCUT2D eigenvalue weighted by Gasteiger charge is 2.24. The third-order valence-electron chi connectivity index (χ3n) is 6.19. The number of hydrogen-bond donors (Lipinski definition) is 2. The Morgan fingerprint density at radius 2 is 1.94 bits per heavy atom. The molecule has 2 N–H and O–H groups in total. The van der Waals surface area contributed by atoms with Gasteiger partial charge in [-0.2, -0.15) is 0 Å². The molecular formula is C23H27N5O3. The van der Waals surface area contributed by atoms with Gasteiger partial charge in [-0.05, 0) is 37.5 Å². The highest BCUT2D eigenvalue weighted by atomic mass is 16.5. The first-order chi connectivity index (χ1) is 15.1. The molecule has 3 aromatic rings. The average molecular weight is 422 g/mol. The van der Waals surface area contributed by atoms with E-state index < -0.39 is 0 Å². The van der Waals surface area contributed by atoms with Gasteiger partial charge in [0.25, 0.3) is 5.56 Å². The summed E-state index contributed by atoms with van der Waals surface area (Å²) in [5.41, 5.74) is 3.39. The van der Waals surface area contributed by atoms with Crippen LogP contribution in [-0.4, -0.2) is 58.1 Å². The van der Waals surface area contributed by atoms with Crippen molar-refractivity contribution in [3.05, 3.63) is 47.0 Å². The van der Waals surface area contributed by atoms with Crippen molar-refractivity contribution >= 4 is 22.4 Å². The molecule has 1 saturated carbocycles. The summed E-state index contributed by atoms with van der Waals surface area (Å²) in [6, 6.07) is 10.3. The van der Waals surface area contributed by atoms with Gasteiger partial charge in [0, 0.05) is 37.4 Å². The molecule has 0 spiro atoms. The van der Waals surface area contributed by atoms with E-state index >= 15 is 0 Å². The van der Waals surface area contributed by atoms with E-state index in [0.29, 0.717) is 23.1 Å². The molecule has 0 radical (unpaired) electrons. The van der Waals surface area contributed by atoms with Gasteiger partial charge in [0.15, 0.2) is 0 Å². The van der Waals surface area contributed by atoms with E-state index in [-0.39, 0.29) is 17.7 Å². The fraction of sp³-hybridized carbons (Fsp3) is 0.435. The Bertz CT molecular complexity index is 1140. The summed E-state index contributed by atoms with van der Waals surface area (Å²) in [4.78, 5) is 24.4. The Morgan fingerprint density at radius 1 is 1.16 bits per heavy atom. The summed E-state index contributed by atoms with van der Waals surface area (Å²) < 4.78 is 6.91. The second-order valence-electron chi connectivity index (χ2n) is 8.37. The second kappa shape index (κ2) is 8.28. The number of aromatic nitrogens is 3. The average Bonchev–Trinajstić information content (AvgIpc) is 3.21. The van der Waals surface area contributed by atoms with Crippen LogP contribution in [-0.2, 0) is 11.8 Å². The standard InChI is InChI=1S/C23H27N5O3/c1-27-14-24-20-13-19(15-2-5-17(6-3-15)28-8-10-31-11-9-28)26-22(21(20)23(27)30)25-16-4-7-18(29)12-16/h2-3,5-6,13-14,16,18,29H,4,7-12H2,1H3,(H,25,26)/t16-,18-/m0/s1. The van der Waals surface area contributed by atoms with Crippen molar-refractivity contribution in [3.63, 3.8) is 0 Å². The molecule has 1 aliphatic heterocycles. The molecule has 1 aliphatic carbocycles. The van der Waals surface area contributed by atoms with Crippen LogP contribution in [0, 0.1) is 0 Å². The molecule has 2 aliphatic rings. The Labute approximate surface area is 180 Å². The first-order valence-electron chi connectivity index (χ1n) is 10.8. The van der Waals surface area contributed by atoms with Gasteiger partial charge in [-0.1, -0.05) is 12.1 Å². The number of benzene rings is 1. The molecule has 31 heavy (non-hydrogen) atoms. The zero-order valence-corrected chi connectivity index (χ0v) is 17.6. The number of nitrogens with zero attached hydrogens (tertiary/aromatic N) is 4. The number of anilines is 2. The highest BCUT2D eigenvalue weighted by molar-refractivity contribution is 5.91. The smallest absolute Gasteiger partial charge is 0.264 e. The van der Waals surface area contributed by atoms with Crippen LogP contribution in [0.25, 0.3) is 22.2 Å². The quantitative estimate of drug-likeness (QED) is 0.667. The fourth-order valence-electron chi connectivity index (χ4n) is 4.42. The summed E-state index contributed by atoms with van der Waals surface area (Å²) >= 11 is 0. The van der Waals surface area contributed by atoms with Crippen molar-refractivity contribution < 1.29 is 9.84 Å². The molecule has 0 amide bonds. The first-order valence-corrected chi connectivity index (χ1v) is 10.8. The van der Waals surface area contributed by atoms with Gasteiger partial charge in [-0.25, -0.2) is 9.97 Å². The number of aliphatic hydroxyl groups excluding tert-OH is 1. The molecule has 2 fully saturated rings. The fourth-order valence-corrected chi connectivity index (χ4v) is 4.42. The third-order valence-corrected chi connectivity index (χ3v) is 6.19. The van der Waals surface area contributed by atoms with Crippen LogP contribution >= 0.6 is 0 Å². The maximum absolute atomic E-state index is 12.8. The SMILES string of the molecule is Cn1cnc2cc(-c3ccc(N4CCOCC4)cc3)nc(N[C@H]3CC[C@H](O)C3)c2c1=O. The number of nitrogens with one attached hydrogen (secondary N) is 1. The zero-order valence-electron chi connectivity index (χ0n) is 17.6. The van der Waals surface area contributed by atoms with Crippen LogP contribution in [0.5, 0.6) is 0 Å². The Balaban J connectivity index is 1.53. The summed E-state index contributed by atoms with van der Waals surface area (Å²) in [5, 5.41) is 13.8. The van der Waals surface area contributed by atoms with E-state index in [9.17, 15) is 9.90 Å². The van der Waals surface area contributed by atoms with Gasteiger partial charge in [0.05, 0.1) is 36.9 Å². The Kier molecular flexibility index (Phi) is 5.33. The molecule has 8 heteroatoms. The number of rotatable bonds is 4. The molecule has 2 atom stereocenters. The first kappa shape index (κ1) is 20.0. The summed E-state index contributed by atoms with van der Waals surface area (Å²) in [5.74, 6) is 0.539. The monoisotopic (exact) mass is 421 g/mol. The molecule has 1 saturated heterocycles. The van der Waals surface area contributed by atoms with Gasteiger partial charge < -0.3 is 24.6 Å². The maximum Gasteiger partial charge on any atom is 0.264 e.